The van der Waals surface area contributed by atoms with Crippen LogP contribution in [0.15, 0.2) is 23.2 Å². The van der Waals surface area contributed by atoms with Crippen molar-refractivity contribution in [3.63, 3.8) is 0 Å². The van der Waals surface area contributed by atoms with E-state index in [1.165, 1.54) is 12.1 Å². The van der Waals surface area contributed by atoms with Gasteiger partial charge < -0.3 is 16.0 Å². The Kier molecular flexibility index (Phi) is 7.26. The molecule has 7 heteroatoms. The van der Waals surface area contributed by atoms with Crippen molar-refractivity contribution in [3.05, 3.63) is 34.6 Å². The summed E-state index contributed by atoms with van der Waals surface area (Å²) in [5.74, 6) is 0.694. The predicted octanol–water partition coefficient (Wildman–Crippen LogP) is 2.84. The lowest BCUT2D eigenvalue weighted by Crippen LogP contribution is -2.42. The van der Waals surface area contributed by atoms with Gasteiger partial charge in [-0.2, -0.15) is 0 Å². The number of nitrogens with zero attached hydrogens (tertiary/aromatic N) is 1. The molecule has 144 valence electrons. The highest BCUT2D eigenvalue weighted by Gasteiger charge is 2.29. The number of hydrogen-bond acceptors (Lipinski definition) is 2. The van der Waals surface area contributed by atoms with Crippen LogP contribution < -0.4 is 16.0 Å². The number of nitrogens with one attached hydrogen (secondary N) is 3. The fourth-order valence-electron chi connectivity index (χ4n) is 2.60. The van der Waals surface area contributed by atoms with E-state index in [-0.39, 0.29) is 23.1 Å². The van der Waals surface area contributed by atoms with Gasteiger partial charge in [0.15, 0.2) is 5.96 Å². The summed E-state index contributed by atoms with van der Waals surface area (Å²) in [5, 5.41) is 9.73. The molecule has 3 N–H and O–H groups in total. The molecule has 5 nitrogen and oxygen atoms in total. The van der Waals surface area contributed by atoms with Gasteiger partial charge >= 0.3 is 0 Å². The van der Waals surface area contributed by atoms with Crippen LogP contribution in [0.4, 0.5) is 4.39 Å². The number of amides is 1. The maximum atomic E-state index is 13.3. The van der Waals surface area contributed by atoms with Crippen molar-refractivity contribution in [1.82, 2.24) is 16.0 Å². The van der Waals surface area contributed by atoms with Crippen LogP contribution in [-0.4, -0.2) is 38.0 Å². The summed E-state index contributed by atoms with van der Waals surface area (Å²) in [5.41, 5.74) is 0.518. The number of rotatable bonds is 8. The number of benzene rings is 1. The van der Waals surface area contributed by atoms with Gasteiger partial charge in [-0.3, -0.25) is 9.79 Å². The number of halogens is 2. The third-order valence-corrected chi connectivity index (χ3v) is 4.61. The SMILES string of the molecule is CCNC(=NCC(C)(C)c1ccc(F)cc1Cl)NCCNC(=O)C1CC1. The number of aliphatic imine (C=N–C) groups is 1. The standard InChI is InChI=1S/C19H28ClFN4O/c1-4-22-18(24-10-9-23-17(26)13-5-6-13)25-12-19(2,3)15-8-7-14(21)11-16(15)20/h7-8,11,13H,4-6,9-10,12H2,1-3H3,(H,23,26)(H2,22,24,25). The Morgan fingerprint density at radius 2 is 1.96 bits per heavy atom. The average Bonchev–Trinajstić information content (AvgIpc) is 3.41. The fraction of sp³-hybridized carbons (Fsp3) is 0.579. The summed E-state index contributed by atoms with van der Waals surface area (Å²) in [4.78, 5) is 16.2. The van der Waals surface area contributed by atoms with E-state index in [0.29, 0.717) is 30.6 Å². The molecule has 0 unspecified atom stereocenters. The molecule has 0 aliphatic heterocycles. The van der Waals surface area contributed by atoms with Gasteiger partial charge in [-0.1, -0.05) is 31.5 Å². The Balaban J connectivity index is 1.90. The molecule has 1 aliphatic rings. The number of guanidine groups is 1. The lowest BCUT2D eigenvalue weighted by atomic mass is 9.84. The summed E-state index contributed by atoms with van der Waals surface area (Å²) >= 11 is 6.19. The second-order valence-corrected chi connectivity index (χ2v) is 7.60. The highest BCUT2D eigenvalue weighted by molar-refractivity contribution is 6.31. The summed E-state index contributed by atoms with van der Waals surface area (Å²) < 4.78 is 13.3. The van der Waals surface area contributed by atoms with Crippen LogP contribution in [-0.2, 0) is 10.2 Å². The quantitative estimate of drug-likeness (QED) is 0.368. The maximum Gasteiger partial charge on any atom is 0.223 e. The largest absolute Gasteiger partial charge is 0.357 e. The molecule has 1 fully saturated rings. The normalized spacial score (nSPS) is 14.9. The first-order valence-corrected chi connectivity index (χ1v) is 9.46. The second-order valence-electron chi connectivity index (χ2n) is 7.20. The van der Waals surface area contributed by atoms with Gasteiger partial charge in [0, 0.05) is 36.0 Å². The Bertz CT molecular complexity index is 659. The Morgan fingerprint density at radius 1 is 1.27 bits per heavy atom. The van der Waals surface area contributed by atoms with E-state index in [1.54, 1.807) is 6.07 Å². The van der Waals surface area contributed by atoms with Gasteiger partial charge in [-0.15, -0.1) is 0 Å². The molecule has 0 saturated heterocycles. The Hall–Kier alpha value is -1.82. The van der Waals surface area contributed by atoms with Crippen molar-refractivity contribution in [1.29, 1.82) is 0 Å². The molecule has 1 amide bonds. The van der Waals surface area contributed by atoms with Crippen LogP contribution in [0.1, 0.15) is 39.2 Å². The molecule has 26 heavy (non-hydrogen) atoms. The van der Waals surface area contributed by atoms with Gasteiger partial charge in [-0.25, -0.2) is 4.39 Å². The molecule has 0 spiro atoms. The Labute approximate surface area is 159 Å². The molecular formula is C19H28ClFN4O. The van der Waals surface area contributed by atoms with Crippen molar-refractivity contribution >= 4 is 23.5 Å². The monoisotopic (exact) mass is 382 g/mol. The maximum absolute atomic E-state index is 13.3. The van der Waals surface area contributed by atoms with Crippen LogP contribution in [0.5, 0.6) is 0 Å². The molecule has 1 saturated carbocycles. The van der Waals surface area contributed by atoms with E-state index in [1.807, 2.05) is 20.8 Å². The van der Waals surface area contributed by atoms with E-state index >= 15 is 0 Å². The highest BCUT2D eigenvalue weighted by atomic mass is 35.5. The first-order chi connectivity index (χ1) is 12.3. The van der Waals surface area contributed by atoms with E-state index in [4.69, 9.17) is 11.6 Å². The van der Waals surface area contributed by atoms with Gasteiger partial charge in [0.05, 0.1) is 6.54 Å². The number of hydrogen-bond donors (Lipinski definition) is 3. The minimum Gasteiger partial charge on any atom is -0.357 e. The van der Waals surface area contributed by atoms with Crippen molar-refractivity contribution < 1.29 is 9.18 Å². The lowest BCUT2D eigenvalue weighted by Gasteiger charge is -2.25. The van der Waals surface area contributed by atoms with Crippen molar-refractivity contribution in [3.8, 4) is 0 Å². The molecule has 2 rings (SSSR count). The fourth-order valence-corrected chi connectivity index (χ4v) is 3.02. The molecule has 1 aromatic rings. The molecule has 1 aliphatic carbocycles. The van der Waals surface area contributed by atoms with Crippen LogP contribution in [0.25, 0.3) is 0 Å². The van der Waals surface area contributed by atoms with Crippen LogP contribution in [0, 0.1) is 11.7 Å². The van der Waals surface area contributed by atoms with E-state index in [9.17, 15) is 9.18 Å². The zero-order valence-electron chi connectivity index (χ0n) is 15.7. The van der Waals surface area contributed by atoms with E-state index in [2.05, 4.69) is 20.9 Å². The smallest absolute Gasteiger partial charge is 0.223 e. The zero-order valence-corrected chi connectivity index (χ0v) is 16.4. The molecule has 0 aromatic heterocycles. The zero-order chi connectivity index (χ0) is 19.2. The van der Waals surface area contributed by atoms with Crippen molar-refractivity contribution in [2.75, 3.05) is 26.2 Å². The summed E-state index contributed by atoms with van der Waals surface area (Å²) in [6.07, 6.45) is 2.01. The molecular weight excluding hydrogens is 355 g/mol. The van der Waals surface area contributed by atoms with Crippen molar-refractivity contribution in [2.45, 2.75) is 39.0 Å². The third kappa shape index (κ3) is 6.16. The topological polar surface area (TPSA) is 65.5 Å². The molecule has 0 radical (unpaired) electrons. The molecule has 0 bridgehead atoms. The highest BCUT2D eigenvalue weighted by Crippen LogP contribution is 2.30. The summed E-state index contributed by atoms with van der Waals surface area (Å²) in [6.45, 7) is 8.42. The minimum absolute atomic E-state index is 0.140. The number of carbonyl (C=O) groups excluding carboxylic acids is 1. The minimum atomic E-state index is -0.346. The van der Waals surface area contributed by atoms with Crippen LogP contribution >= 0.6 is 11.6 Å². The second kappa shape index (κ2) is 9.21. The van der Waals surface area contributed by atoms with E-state index in [0.717, 1.165) is 24.9 Å². The first kappa shape index (κ1) is 20.5. The van der Waals surface area contributed by atoms with Crippen molar-refractivity contribution in [2.24, 2.45) is 10.9 Å². The predicted molar refractivity (Wildman–Crippen MR) is 104 cm³/mol. The van der Waals surface area contributed by atoms with Gasteiger partial charge in [0.1, 0.15) is 5.82 Å². The lowest BCUT2D eigenvalue weighted by molar-refractivity contribution is -0.122. The molecule has 1 aromatic carbocycles. The van der Waals surface area contributed by atoms with Gasteiger partial charge in [-0.05, 0) is 37.5 Å². The van der Waals surface area contributed by atoms with Crippen LogP contribution in [0.3, 0.4) is 0 Å². The molecule has 0 heterocycles. The van der Waals surface area contributed by atoms with E-state index < -0.39 is 0 Å². The van der Waals surface area contributed by atoms with Gasteiger partial charge in [0.2, 0.25) is 5.91 Å². The first-order valence-electron chi connectivity index (χ1n) is 9.09. The summed E-state index contributed by atoms with van der Waals surface area (Å²) in [7, 11) is 0. The van der Waals surface area contributed by atoms with Crippen LogP contribution in [0.2, 0.25) is 5.02 Å². The van der Waals surface area contributed by atoms with Gasteiger partial charge in [0.25, 0.3) is 0 Å². The number of carbonyl (C=O) groups is 1. The molecule has 0 atom stereocenters. The average molecular weight is 383 g/mol. The Morgan fingerprint density at radius 3 is 2.58 bits per heavy atom. The summed E-state index contributed by atoms with van der Waals surface area (Å²) in [6, 6.07) is 4.45. The third-order valence-electron chi connectivity index (χ3n) is 4.30.